The molecule has 3 aromatic carbocycles. The summed E-state index contributed by atoms with van der Waals surface area (Å²) in [4.78, 5) is 27.0. The summed E-state index contributed by atoms with van der Waals surface area (Å²) in [6, 6.07) is 24.9. The summed E-state index contributed by atoms with van der Waals surface area (Å²) in [5, 5.41) is 11.1. The summed E-state index contributed by atoms with van der Waals surface area (Å²) in [5.74, 6) is 0.383. The first-order chi connectivity index (χ1) is 16.5. The molecule has 0 N–H and O–H groups in total. The maximum atomic E-state index is 12.4. The molecule has 7 nitrogen and oxygen atoms in total. The zero-order valence-corrected chi connectivity index (χ0v) is 18.2. The molecule has 166 valence electrons. The number of halogens is 1. The van der Waals surface area contributed by atoms with E-state index in [1.807, 2.05) is 54.6 Å². The van der Waals surface area contributed by atoms with E-state index >= 15 is 0 Å². The lowest BCUT2D eigenvalue weighted by Gasteiger charge is -2.03. The fraction of sp³-hybridized carbons (Fsp3) is 0. The number of hydrogen-bond acceptors (Lipinski definition) is 6. The van der Waals surface area contributed by atoms with Gasteiger partial charge < -0.3 is 9.15 Å². The molecular weight excluding hydrogens is 456 g/mol. The number of carbonyl (C=O) groups is 1. The van der Waals surface area contributed by atoms with Crippen LogP contribution in [0.15, 0.2) is 100 Å². The molecule has 1 aromatic heterocycles. The van der Waals surface area contributed by atoms with Crippen LogP contribution in [0.1, 0.15) is 11.3 Å². The fourth-order valence-electron chi connectivity index (χ4n) is 3.50. The van der Waals surface area contributed by atoms with E-state index in [0.29, 0.717) is 22.6 Å². The second kappa shape index (κ2) is 8.80. The van der Waals surface area contributed by atoms with E-state index in [2.05, 4.69) is 4.99 Å². The topological polar surface area (TPSA) is 94.9 Å². The summed E-state index contributed by atoms with van der Waals surface area (Å²) in [5.41, 5.74) is 3.27. The van der Waals surface area contributed by atoms with E-state index in [-0.39, 0.29) is 22.3 Å². The van der Waals surface area contributed by atoms with Gasteiger partial charge in [0, 0.05) is 29.3 Å². The Bertz CT molecular complexity index is 1470. The number of esters is 1. The summed E-state index contributed by atoms with van der Waals surface area (Å²) >= 11 is 6.17. The highest BCUT2D eigenvalue weighted by Gasteiger charge is 2.25. The number of benzene rings is 3. The lowest BCUT2D eigenvalue weighted by Crippen LogP contribution is -2.05. The minimum Gasteiger partial charge on any atom is -0.457 e. The second-order valence-corrected chi connectivity index (χ2v) is 7.81. The summed E-state index contributed by atoms with van der Waals surface area (Å²) in [6.07, 6.45) is 1.47. The standard InChI is InChI=1S/C26H15ClN2O5/c27-22-14-19(29(31)32)10-12-21(22)24-13-11-20(33-24)15-23-26(30)34-25(28-23)18-8-6-17(7-9-18)16-4-2-1-3-5-16/h1-15H/b23-15-. The molecule has 0 bridgehead atoms. The number of cyclic esters (lactones) is 1. The highest BCUT2D eigenvalue weighted by atomic mass is 35.5. The zero-order valence-electron chi connectivity index (χ0n) is 17.5. The average Bonchev–Trinajstić information content (AvgIpc) is 3.46. The Labute approximate surface area is 198 Å². The zero-order chi connectivity index (χ0) is 23.7. The van der Waals surface area contributed by atoms with E-state index < -0.39 is 10.9 Å². The summed E-state index contributed by atoms with van der Waals surface area (Å²) < 4.78 is 11.1. The lowest BCUT2D eigenvalue weighted by atomic mass is 10.0. The Morgan fingerprint density at radius 1 is 0.882 bits per heavy atom. The number of non-ortho nitro benzene ring substituents is 1. The monoisotopic (exact) mass is 470 g/mol. The van der Waals surface area contributed by atoms with Crippen LogP contribution in [0.5, 0.6) is 0 Å². The van der Waals surface area contributed by atoms with Gasteiger partial charge >= 0.3 is 5.97 Å². The van der Waals surface area contributed by atoms with Crippen LogP contribution in [0, 0.1) is 10.1 Å². The Kier molecular flexibility index (Phi) is 5.53. The predicted octanol–water partition coefficient (Wildman–Crippen LogP) is 6.52. The number of nitrogens with zero attached hydrogens (tertiary/aromatic N) is 2. The molecule has 4 aromatic rings. The van der Waals surface area contributed by atoms with E-state index in [9.17, 15) is 14.9 Å². The van der Waals surface area contributed by atoms with Gasteiger partial charge in [-0.25, -0.2) is 9.79 Å². The lowest BCUT2D eigenvalue weighted by molar-refractivity contribution is -0.384. The van der Waals surface area contributed by atoms with Crippen molar-refractivity contribution in [2.24, 2.45) is 4.99 Å². The Morgan fingerprint density at radius 2 is 1.59 bits per heavy atom. The van der Waals surface area contributed by atoms with Crippen molar-refractivity contribution in [2.45, 2.75) is 0 Å². The number of hydrogen-bond donors (Lipinski definition) is 0. The van der Waals surface area contributed by atoms with Crippen molar-refractivity contribution in [3.05, 3.63) is 117 Å². The van der Waals surface area contributed by atoms with Crippen LogP contribution in [0.25, 0.3) is 28.5 Å². The van der Waals surface area contributed by atoms with E-state index in [4.69, 9.17) is 20.8 Å². The van der Waals surface area contributed by atoms with Gasteiger partial charge in [0.25, 0.3) is 5.69 Å². The third kappa shape index (κ3) is 4.24. The van der Waals surface area contributed by atoms with Crippen LogP contribution in [-0.4, -0.2) is 16.8 Å². The average molecular weight is 471 g/mol. The molecule has 0 aliphatic carbocycles. The summed E-state index contributed by atoms with van der Waals surface area (Å²) in [6.45, 7) is 0. The van der Waals surface area contributed by atoms with Gasteiger partial charge in [-0.05, 0) is 41.5 Å². The molecule has 2 heterocycles. The molecule has 8 heteroatoms. The van der Waals surface area contributed by atoms with Crippen molar-refractivity contribution in [1.82, 2.24) is 0 Å². The number of nitro benzene ring substituents is 1. The first-order valence-corrected chi connectivity index (χ1v) is 10.6. The first-order valence-electron chi connectivity index (χ1n) is 10.2. The van der Waals surface area contributed by atoms with Gasteiger partial charge in [-0.3, -0.25) is 10.1 Å². The molecule has 0 radical (unpaired) electrons. The highest BCUT2D eigenvalue weighted by Crippen LogP contribution is 2.33. The van der Waals surface area contributed by atoms with Crippen LogP contribution in [0.4, 0.5) is 5.69 Å². The Morgan fingerprint density at radius 3 is 2.29 bits per heavy atom. The second-order valence-electron chi connectivity index (χ2n) is 7.40. The predicted molar refractivity (Wildman–Crippen MR) is 128 cm³/mol. The minimum absolute atomic E-state index is 0.0952. The number of nitro groups is 1. The maximum Gasteiger partial charge on any atom is 0.363 e. The van der Waals surface area contributed by atoms with Gasteiger partial charge in [0.1, 0.15) is 11.5 Å². The number of aliphatic imine (C=N–C) groups is 1. The van der Waals surface area contributed by atoms with Crippen LogP contribution < -0.4 is 0 Å². The van der Waals surface area contributed by atoms with Gasteiger partial charge in [0.15, 0.2) is 5.70 Å². The molecule has 0 spiro atoms. The van der Waals surface area contributed by atoms with E-state index in [1.54, 1.807) is 12.1 Å². The molecule has 0 amide bonds. The van der Waals surface area contributed by atoms with Gasteiger partial charge in [0.05, 0.1) is 9.95 Å². The summed E-state index contributed by atoms with van der Waals surface area (Å²) in [7, 11) is 0. The Balaban J connectivity index is 1.38. The largest absolute Gasteiger partial charge is 0.457 e. The van der Waals surface area contributed by atoms with E-state index in [0.717, 1.165) is 11.1 Å². The fourth-order valence-corrected chi connectivity index (χ4v) is 3.76. The number of carbonyl (C=O) groups excluding carboxylic acids is 1. The molecule has 5 rings (SSSR count). The van der Waals surface area contributed by atoms with Crippen LogP contribution in [0.2, 0.25) is 5.02 Å². The van der Waals surface area contributed by atoms with Crippen LogP contribution >= 0.6 is 11.6 Å². The van der Waals surface area contributed by atoms with Crippen molar-refractivity contribution in [2.75, 3.05) is 0 Å². The molecule has 0 saturated carbocycles. The maximum absolute atomic E-state index is 12.4. The quantitative estimate of drug-likeness (QED) is 0.143. The van der Waals surface area contributed by atoms with Crippen molar-refractivity contribution >= 4 is 35.2 Å². The molecule has 0 fully saturated rings. The van der Waals surface area contributed by atoms with Crippen molar-refractivity contribution in [3.63, 3.8) is 0 Å². The third-order valence-electron chi connectivity index (χ3n) is 5.19. The van der Waals surface area contributed by atoms with Crippen molar-refractivity contribution in [1.29, 1.82) is 0 Å². The van der Waals surface area contributed by atoms with Gasteiger partial charge in [-0.15, -0.1) is 0 Å². The number of ether oxygens (including phenoxy) is 1. The van der Waals surface area contributed by atoms with Gasteiger partial charge in [-0.1, -0.05) is 54.1 Å². The molecule has 0 atom stereocenters. The highest BCUT2D eigenvalue weighted by molar-refractivity contribution is 6.33. The van der Waals surface area contributed by atoms with E-state index in [1.165, 1.54) is 24.3 Å². The Hall–Kier alpha value is -4.49. The van der Waals surface area contributed by atoms with Crippen LogP contribution in [-0.2, 0) is 9.53 Å². The molecule has 0 saturated heterocycles. The van der Waals surface area contributed by atoms with Crippen molar-refractivity contribution in [3.8, 4) is 22.5 Å². The van der Waals surface area contributed by atoms with Gasteiger partial charge in [0.2, 0.25) is 5.90 Å². The third-order valence-corrected chi connectivity index (χ3v) is 5.51. The van der Waals surface area contributed by atoms with Gasteiger partial charge in [-0.2, -0.15) is 0 Å². The molecule has 34 heavy (non-hydrogen) atoms. The normalized spacial score (nSPS) is 14.2. The molecule has 1 aliphatic heterocycles. The van der Waals surface area contributed by atoms with Crippen molar-refractivity contribution < 1.29 is 18.9 Å². The number of furan rings is 1. The molecule has 0 unspecified atom stereocenters. The number of rotatable bonds is 5. The smallest absolute Gasteiger partial charge is 0.363 e. The first kappa shape index (κ1) is 21.4. The minimum atomic E-state index is -0.589. The molecule has 1 aliphatic rings. The van der Waals surface area contributed by atoms with Crippen LogP contribution in [0.3, 0.4) is 0 Å². The molecular formula is C26H15ClN2O5. The SMILES string of the molecule is O=C1OC(c2ccc(-c3ccccc3)cc2)=N/C1=C\c1ccc(-c2ccc([N+](=O)[O-])cc2Cl)o1.